The Morgan fingerprint density at radius 2 is 1.94 bits per heavy atom. The molecule has 1 atom stereocenters. The number of amides is 1. The Morgan fingerprint density at radius 3 is 2.65 bits per heavy atom. The number of rotatable bonds is 3. The molecule has 0 aromatic rings. The molecular formula is C14H26N2O. The maximum Gasteiger partial charge on any atom is 0.225 e. The predicted molar refractivity (Wildman–Crippen MR) is 69.8 cm³/mol. The lowest BCUT2D eigenvalue weighted by atomic mass is 9.87. The molecule has 2 aliphatic rings. The zero-order valence-electron chi connectivity index (χ0n) is 11.1. The highest BCUT2D eigenvalue weighted by molar-refractivity contribution is 5.79. The fraction of sp³-hybridized carbons (Fsp3) is 0.929. The lowest BCUT2D eigenvalue weighted by Crippen LogP contribution is -2.45. The van der Waals surface area contributed by atoms with Crippen molar-refractivity contribution in [2.24, 2.45) is 11.8 Å². The second-order valence-corrected chi connectivity index (χ2v) is 5.69. The fourth-order valence-corrected chi connectivity index (χ4v) is 3.33. The maximum atomic E-state index is 12.4. The van der Waals surface area contributed by atoms with Gasteiger partial charge in [0, 0.05) is 19.0 Å². The highest BCUT2D eigenvalue weighted by Gasteiger charge is 2.29. The van der Waals surface area contributed by atoms with Crippen LogP contribution >= 0.6 is 0 Å². The van der Waals surface area contributed by atoms with Gasteiger partial charge < -0.3 is 10.2 Å². The van der Waals surface area contributed by atoms with Crippen LogP contribution in [0.4, 0.5) is 0 Å². The highest BCUT2D eigenvalue weighted by Crippen LogP contribution is 2.27. The van der Waals surface area contributed by atoms with Gasteiger partial charge in [-0.25, -0.2) is 0 Å². The summed E-state index contributed by atoms with van der Waals surface area (Å²) in [6.07, 6.45) is 8.55. The molecule has 17 heavy (non-hydrogen) atoms. The average molecular weight is 238 g/mol. The molecule has 0 aromatic carbocycles. The van der Waals surface area contributed by atoms with Crippen LogP contribution in [0.1, 0.15) is 44.9 Å². The number of hydrogen-bond acceptors (Lipinski definition) is 2. The van der Waals surface area contributed by atoms with Gasteiger partial charge in [-0.3, -0.25) is 4.79 Å². The number of piperidine rings is 1. The summed E-state index contributed by atoms with van der Waals surface area (Å²) in [7, 11) is 2.00. The van der Waals surface area contributed by atoms with Gasteiger partial charge in [-0.05, 0) is 45.2 Å². The first-order valence-electron chi connectivity index (χ1n) is 7.24. The van der Waals surface area contributed by atoms with Gasteiger partial charge in [-0.1, -0.05) is 19.3 Å². The summed E-state index contributed by atoms with van der Waals surface area (Å²) in [5.41, 5.74) is 0. The van der Waals surface area contributed by atoms with Crippen LogP contribution in [0.2, 0.25) is 0 Å². The Kier molecular flexibility index (Phi) is 4.84. The Hall–Kier alpha value is -0.570. The molecule has 1 amide bonds. The van der Waals surface area contributed by atoms with Crippen molar-refractivity contribution < 1.29 is 4.79 Å². The van der Waals surface area contributed by atoms with Gasteiger partial charge in [0.25, 0.3) is 0 Å². The van der Waals surface area contributed by atoms with Crippen LogP contribution in [0.15, 0.2) is 0 Å². The lowest BCUT2D eigenvalue weighted by molar-refractivity contribution is -0.138. The smallest absolute Gasteiger partial charge is 0.225 e. The van der Waals surface area contributed by atoms with Gasteiger partial charge in [-0.2, -0.15) is 0 Å². The molecule has 1 aliphatic heterocycles. The minimum absolute atomic E-state index is 0.345. The third-order valence-corrected chi connectivity index (χ3v) is 4.28. The minimum Gasteiger partial charge on any atom is -0.342 e. The molecule has 1 heterocycles. The molecule has 98 valence electrons. The summed E-state index contributed by atoms with van der Waals surface area (Å²) in [5, 5.41) is 3.24. The van der Waals surface area contributed by atoms with E-state index in [2.05, 4.69) is 10.2 Å². The van der Waals surface area contributed by atoms with Crippen LogP contribution in [0.25, 0.3) is 0 Å². The first kappa shape index (κ1) is 12.9. The normalized spacial score (nSPS) is 27.1. The van der Waals surface area contributed by atoms with Crippen molar-refractivity contribution in [1.29, 1.82) is 0 Å². The van der Waals surface area contributed by atoms with Gasteiger partial charge in [0.1, 0.15) is 0 Å². The second-order valence-electron chi connectivity index (χ2n) is 5.69. The number of likely N-dealkylation sites (tertiary alicyclic amines) is 1. The average Bonchev–Trinajstić information content (AvgIpc) is 2.40. The SMILES string of the molecule is CNCC1CCCN(C(=O)C2CCCCC2)C1. The van der Waals surface area contributed by atoms with Gasteiger partial charge in [-0.15, -0.1) is 0 Å². The van der Waals surface area contributed by atoms with E-state index in [1.807, 2.05) is 7.05 Å². The summed E-state index contributed by atoms with van der Waals surface area (Å²) in [4.78, 5) is 14.5. The van der Waals surface area contributed by atoms with Crippen LogP contribution in [0.3, 0.4) is 0 Å². The van der Waals surface area contributed by atoms with E-state index >= 15 is 0 Å². The van der Waals surface area contributed by atoms with E-state index in [9.17, 15) is 4.79 Å². The topological polar surface area (TPSA) is 32.3 Å². The van der Waals surface area contributed by atoms with Gasteiger partial charge >= 0.3 is 0 Å². The second kappa shape index (κ2) is 6.39. The van der Waals surface area contributed by atoms with E-state index in [1.165, 1.54) is 32.1 Å². The molecule has 3 nitrogen and oxygen atoms in total. The molecule has 1 saturated heterocycles. The highest BCUT2D eigenvalue weighted by atomic mass is 16.2. The summed E-state index contributed by atoms with van der Waals surface area (Å²) >= 11 is 0. The Bertz CT molecular complexity index is 247. The minimum atomic E-state index is 0.345. The standard InChI is InChI=1S/C14H26N2O/c1-15-10-12-6-5-9-16(11-12)14(17)13-7-3-2-4-8-13/h12-13,15H,2-11H2,1H3. The molecule has 1 unspecified atom stereocenters. The maximum absolute atomic E-state index is 12.4. The van der Waals surface area contributed by atoms with Gasteiger partial charge in [0.15, 0.2) is 0 Å². The van der Waals surface area contributed by atoms with Crippen LogP contribution in [-0.2, 0) is 4.79 Å². The number of nitrogens with one attached hydrogen (secondary N) is 1. The van der Waals surface area contributed by atoms with E-state index in [4.69, 9.17) is 0 Å². The molecular weight excluding hydrogens is 212 g/mol. The van der Waals surface area contributed by atoms with E-state index in [-0.39, 0.29) is 0 Å². The molecule has 0 bridgehead atoms. The fourth-order valence-electron chi connectivity index (χ4n) is 3.33. The van der Waals surface area contributed by atoms with Crippen molar-refractivity contribution in [1.82, 2.24) is 10.2 Å². The molecule has 3 heteroatoms. The van der Waals surface area contributed by atoms with Crippen molar-refractivity contribution in [3.8, 4) is 0 Å². The molecule has 0 spiro atoms. The summed E-state index contributed by atoms with van der Waals surface area (Å²) in [6, 6.07) is 0. The van der Waals surface area contributed by atoms with Crippen molar-refractivity contribution in [2.75, 3.05) is 26.7 Å². The monoisotopic (exact) mass is 238 g/mol. The van der Waals surface area contributed by atoms with Crippen molar-refractivity contribution >= 4 is 5.91 Å². The third kappa shape index (κ3) is 3.44. The van der Waals surface area contributed by atoms with E-state index in [0.717, 1.165) is 32.5 Å². The van der Waals surface area contributed by atoms with Crippen molar-refractivity contribution in [2.45, 2.75) is 44.9 Å². The van der Waals surface area contributed by atoms with Gasteiger partial charge in [0.05, 0.1) is 0 Å². The quantitative estimate of drug-likeness (QED) is 0.816. The molecule has 1 N–H and O–H groups in total. The number of hydrogen-bond donors (Lipinski definition) is 1. The van der Waals surface area contributed by atoms with Gasteiger partial charge in [0.2, 0.25) is 5.91 Å². The zero-order valence-corrected chi connectivity index (χ0v) is 11.1. The number of nitrogens with zero attached hydrogens (tertiary/aromatic N) is 1. The first-order chi connectivity index (χ1) is 8.31. The first-order valence-corrected chi connectivity index (χ1v) is 7.24. The molecule has 2 fully saturated rings. The summed E-state index contributed by atoms with van der Waals surface area (Å²) in [5.74, 6) is 1.46. The van der Waals surface area contributed by atoms with Crippen molar-refractivity contribution in [3.05, 3.63) is 0 Å². The molecule has 2 rings (SSSR count). The van der Waals surface area contributed by atoms with Crippen LogP contribution in [0, 0.1) is 11.8 Å². The summed E-state index contributed by atoms with van der Waals surface area (Å²) in [6.45, 7) is 3.03. The lowest BCUT2D eigenvalue weighted by Gasteiger charge is -2.35. The summed E-state index contributed by atoms with van der Waals surface area (Å²) < 4.78 is 0. The third-order valence-electron chi connectivity index (χ3n) is 4.28. The predicted octanol–water partition coefficient (Wildman–Crippen LogP) is 2.02. The largest absolute Gasteiger partial charge is 0.342 e. The van der Waals surface area contributed by atoms with E-state index < -0.39 is 0 Å². The Morgan fingerprint density at radius 1 is 1.18 bits per heavy atom. The molecule has 1 saturated carbocycles. The molecule has 0 aromatic heterocycles. The number of carbonyl (C=O) groups excluding carboxylic acids is 1. The molecule has 0 radical (unpaired) electrons. The van der Waals surface area contributed by atoms with Crippen molar-refractivity contribution in [3.63, 3.8) is 0 Å². The zero-order chi connectivity index (χ0) is 12.1. The number of carbonyl (C=O) groups is 1. The van der Waals surface area contributed by atoms with E-state index in [0.29, 0.717) is 17.7 Å². The van der Waals surface area contributed by atoms with Crippen LogP contribution in [-0.4, -0.2) is 37.5 Å². The van der Waals surface area contributed by atoms with Crippen LogP contribution in [0.5, 0.6) is 0 Å². The van der Waals surface area contributed by atoms with Crippen LogP contribution < -0.4 is 5.32 Å². The Balaban J connectivity index is 1.85. The van der Waals surface area contributed by atoms with E-state index in [1.54, 1.807) is 0 Å². The molecule has 1 aliphatic carbocycles. The Labute approximate surface area is 105 Å².